The lowest BCUT2D eigenvalue weighted by Gasteiger charge is -2.20. The molecular formula is C12H15ClF3NO. The van der Waals surface area contributed by atoms with Gasteiger partial charge in [-0.2, -0.15) is 13.2 Å². The van der Waals surface area contributed by atoms with Crippen molar-refractivity contribution in [2.45, 2.75) is 39.4 Å². The lowest BCUT2D eigenvalue weighted by Crippen LogP contribution is -2.18. The quantitative estimate of drug-likeness (QED) is 0.603. The molecule has 0 aliphatic heterocycles. The standard InChI is InChI=1S/C12H15ClF3NO/c1-7-4-10(11(18)6-13)9(3)17(7)8(2)5-12(14,15)16/h4,8H,5-6H2,1-3H3. The third-order valence-electron chi connectivity index (χ3n) is 2.87. The first-order chi connectivity index (χ1) is 8.17. The van der Waals surface area contributed by atoms with Crippen molar-refractivity contribution < 1.29 is 18.0 Å². The van der Waals surface area contributed by atoms with Crippen molar-refractivity contribution in [2.24, 2.45) is 0 Å². The second kappa shape index (κ2) is 5.34. The number of carbonyl (C=O) groups is 1. The number of Topliss-reactive ketones (excluding diaryl/α,β-unsaturated/α-hetero) is 1. The van der Waals surface area contributed by atoms with Gasteiger partial charge in [0.15, 0.2) is 5.78 Å². The molecule has 0 saturated heterocycles. The number of halogens is 4. The summed E-state index contributed by atoms with van der Waals surface area (Å²) >= 11 is 5.47. The van der Waals surface area contributed by atoms with Crippen LogP contribution in [0.5, 0.6) is 0 Å². The van der Waals surface area contributed by atoms with Crippen LogP contribution >= 0.6 is 11.6 Å². The maximum Gasteiger partial charge on any atom is 0.391 e. The minimum Gasteiger partial charge on any atom is -0.345 e. The first-order valence-electron chi connectivity index (χ1n) is 5.51. The Labute approximate surface area is 109 Å². The molecule has 0 spiro atoms. The van der Waals surface area contributed by atoms with Gasteiger partial charge in [0.1, 0.15) is 0 Å². The van der Waals surface area contributed by atoms with E-state index in [2.05, 4.69) is 0 Å². The van der Waals surface area contributed by atoms with E-state index in [4.69, 9.17) is 11.6 Å². The maximum atomic E-state index is 12.4. The summed E-state index contributed by atoms with van der Waals surface area (Å²) in [6.07, 6.45) is -5.14. The summed E-state index contributed by atoms with van der Waals surface area (Å²) in [4.78, 5) is 11.5. The van der Waals surface area contributed by atoms with Gasteiger partial charge in [-0.25, -0.2) is 0 Å². The SMILES string of the molecule is Cc1cc(C(=O)CCl)c(C)n1C(C)CC(F)(F)F. The van der Waals surface area contributed by atoms with E-state index in [0.717, 1.165) is 0 Å². The van der Waals surface area contributed by atoms with Crippen molar-refractivity contribution >= 4 is 17.4 Å². The van der Waals surface area contributed by atoms with Crippen LogP contribution < -0.4 is 0 Å². The highest BCUT2D eigenvalue weighted by molar-refractivity contribution is 6.30. The number of nitrogens with zero attached hydrogens (tertiary/aromatic N) is 1. The lowest BCUT2D eigenvalue weighted by molar-refractivity contribution is -0.141. The van der Waals surface area contributed by atoms with Gasteiger partial charge < -0.3 is 4.57 Å². The molecule has 1 unspecified atom stereocenters. The monoisotopic (exact) mass is 281 g/mol. The highest BCUT2D eigenvalue weighted by atomic mass is 35.5. The number of hydrogen-bond acceptors (Lipinski definition) is 1. The van der Waals surface area contributed by atoms with Crippen LogP contribution in [0, 0.1) is 13.8 Å². The summed E-state index contributed by atoms with van der Waals surface area (Å²) in [6.45, 7) is 4.81. The van der Waals surface area contributed by atoms with Gasteiger partial charge in [-0.1, -0.05) is 0 Å². The zero-order chi connectivity index (χ0) is 14.1. The maximum absolute atomic E-state index is 12.4. The van der Waals surface area contributed by atoms with Crippen LogP contribution in [0.4, 0.5) is 13.2 Å². The van der Waals surface area contributed by atoms with Gasteiger partial charge in [0.05, 0.1) is 12.3 Å². The van der Waals surface area contributed by atoms with Crippen molar-refractivity contribution in [3.63, 3.8) is 0 Å². The molecule has 0 aliphatic carbocycles. The van der Waals surface area contributed by atoms with Gasteiger partial charge in [-0.3, -0.25) is 4.79 Å². The number of aromatic nitrogens is 1. The molecule has 2 nitrogen and oxygen atoms in total. The molecule has 0 saturated carbocycles. The molecule has 0 bridgehead atoms. The fourth-order valence-electron chi connectivity index (χ4n) is 2.24. The first-order valence-corrected chi connectivity index (χ1v) is 6.05. The summed E-state index contributed by atoms with van der Waals surface area (Å²) in [6, 6.07) is 0.856. The second-order valence-corrected chi connectivity index (χ2v) is 4.65. The van der Waals surface area contributed by atoms with Crippen LogP contribution in [0.25, 0.3) is 0 Å². The van der Waals surface area contributed by atoms with E-state index in [1.807, 2.05) is 0 Å². The topological polar surface area (TPSA) is 22.0 Å². The van der Waals surface area contributed by atoms with Gasteiger partial charge in [0, 0.05) is 23.0 Å². The highest BCUT2D eigenvalue weighted by Gasteiger charge is 2.32. The average molecular weight is 282 g/mol. The molecule has 0 fully saturated rings. The fourth-order valence-corrected chi connectivity index (χ4v) is 2.38. The molecule has 6 heteroatoms. The van der Waals surface area contributed by atoms with Crippen LogP contribution in [0.2, 0.25) is 0 Å². The Hall–Kier alpha value is -0.970. The number of ketones is 1. The molecule has 102 valence electrons. The average Bonchev–Trinajstić information content (AvgIpc) is 2.50. The summed E-state index contributed by atoms with van der Waals surface area (Å²) in [7, 11) is 0. The summed E-state index contributed by atoms with van der Waals surface area (Å²) in [5.41, 5.74) is 1.57. The van der Waals surface area contributed by atoms with Crippen molar-refractivity contribution in [2.75, 3.05) is 5.88 Å². The highest BCUT2D eigenvalue weighted by Crippen LogP contribution is 2.30. The van der Waals surface area contributed by atoms with Crippen LogP contribution in [0.1, 0.15) is 41.1 Å². The van der Waals surface area contributed by atoms with Crippen molar-refractivity contribution in [1.29, 1.82) is 0 Å². The minimum absolute atomic E-state index is 0.169. The zero-order valence-corrected chi connectivity index (χ0v) is 11.2. The van der Waals surface area contributed by atoms with Gasteiger partial charge in [0.2, 0.25) is 0 Å². The predicted octanol–water partition coefficient (Wildman–Crippen LogP) is 4.04. The predicted molar refractivity (Wildman–Crippen MR) is 64.3 cm³/mol. The molecule has 0 aromatic carbocycles. The number of alkyl halides is 4. The van der Waals surface area contributed by atoms with Crippen LogP contribution in [0.3, 0.4) is 0 Å². The molecule has 1 heterocycles. The van der Waals surface area contributed by atoms with Crippen molar-refractivity contribution in [3.8, 4) is 0 Å². The number of carbonyl (C=O) groups excluding carboxylic acids is 1. The fraction of sp³-hybridized carbons (Fsp3) is 0.583. The molecule has 1 aromatic heterocycles. The smallest absolute Gasteiger partial charge is 0.345 e. The summed E-state index contributed by atoms with van der Waals surface area (Å²) in [5, 5.41) is 0. The van der Waals surface area contributed by atoms with Gasteiger partial charge in [0.25, 0.3) is 0 Å². The van der Waals surface area contributed by atoms with Crippen molar-refractivity contribution in [1.82, 2.24) is 4.57 Å². The Morgan fingerprint density at radius 2 is 2.00 bits per heavy atom. The molecule has 1 rings (SSSR count). The summed E-state index contributed by atoms with van der Waals surface area (Å²) in [5.74, 6) is -0.437. The van der Waals surface area contributed by atoms with Gasteiger partial charge >= 0.3 is 6.18 Å². The van der Waals surface area contributed by atoms with E-state index in [9.17, 15) is 18.0 Å². The number of hydrogen-bond donors (Lipinski definition) is 0. The second-order valence-electron chi connectivity index (χ2n) is 4.38. The zero-order valence-electron chi connectivity index (χ0n) is 10.4. The normalized spacial score (nSPS) is 13.7. The Balaban J connectivity index is 3.10. The number of rotatable bonds is 4. The molecule has 1 atom stereocenters. The van der Waals surface area contributed by atoms with E-state index in [0.29, 0.717) is 17.0 Å². The third kappa shape index (κ3) is 3.28. The van der Waals surface area contributed by atoms with Crippen LogP contribution in [-0.4, -0.2) is 22.4 Å². The third-order valence-corrected chi connectivity index (χ3v) is 3.12. The Bertz CT molecular complexity index is 451. The molecule has 0 amide bonds. The van der Waals surface area contributed by atoms with E-state index in [1.165, 1.54) is 11.5 Å². The summed E-state index contributed by atoms with van der Waals surface area (Å²) < 4.78 is 38.7. The largest absolute Gasteiger partial charge is 0.391 e. The Kier molecular flexibility index (Phi) is 4.48. The molecular weight excluding hydrogens is 267 g/mol. The van der Waals surface area contributed by atoms with Crippen molar-refractivity contribution in [3.05, 3.63) is 23.0 Å². The van der Waals surface area contributed by atoms with Gasteiger partial charge in [-0.15, -0.1) is 11.6 Å². The van der Waals surface area contributed by atoms with Crippen LogP contribution in [-0.2, 0) is 0 Å². The van der Waals surface area contributed by atoms with E-state index in [1.54, 1.807) is 19.9 Å². The molecule has 0 aliphatic rings. The van der Waals surface area contributed by atoms with E-state index in [-0.39, 0.29) is 11.7 Å². The number of aryl methyl sites for hydroxylation is 1. The van der Waals surface area contributed by atoms with E-state index >= 15 is 0 Å². The first kappa shape index (κ1) is 15.1. The van der Waals surface area contributed by atoms with Crippen LogP contribution in [0.15, 0.2) is 6.07 Å². The van der Waals surface area contributed by atoms with E-state index < -0.39 is 18.6 Å². The minimum atomic E-state index is -4.22. The van der Waals surface area contributed by atoms with Gasteiger partial charge in [-0.05, 0) is 26.8 Å². The molecule has 18 heavy (non-hydrogen) atoms. The Morgan fingerprint density at radius 1 is 1.44 bits per heavy atom. The molecule has 0 radical (unpaired) electrons. The molecule has 0 N–H and O–H groups in total. The Morgan fingerprint density at radius 3 is 2.44 bits per heavy atom. The lowest BCUT2D eigenvalue weighted by atomic mass is 10.1. The molecule has 1 aromatic rings.